The number of rotatable bonds is 6. The molecule has 1 saturated heterocycles. The van der Waals surface area contributed by atoms with Crippen molar-refractivity contribution in [2.45, 2.75) is 51.7 Å². The van der Waals surface area contributed by atoms with Gasteiger partial charge in [0, 0.05) is 13.2 Å². The van der Waals surface area contributed by atoms with Crippen LogP contribution in [0.25, 0.3) is 0 Å². The first kappa shape index (κ1) is 15.8. The molecule has 1 unspecified atom stereocenters. The molecule has 6 nitrogen and oxygen atoms in total. The second kappa shape index (κ2) is 6.75. The average Bonchev–Trinajstić information content (AvgIpc) is 2.73. The SMILES string of the molecule is CC(C)C[C@@H](NC(=O)NCC1(C)CCCO1)C(=O)O. The minimum absolute atomic E-state index is 0.206. The van der Waals surface area contributed by atoms with Crippen molar-refractivity contribution in [2.75, 3.05) is 13.2 Å². The van der Waals surface area contributed by atoms with Crippen molar-refractivity contribution < 1.29 is 19.4 Å². The summed E-state index contributed by atoms with van der Waals surface area (Å²) in [6.07, 6.45) is 2.31. The van der Waals surface area contributed by atoms with Crippen LogP contribution in [-0.4, -0.2) is 41.9 Å². The van der Waals surface area contributed by atoms with E-state index in [1.54, 1.807) is 0 Å². The van der Waals surface area contributed by atoms with Crippen LogP contribution in [0.15, 0.2) is 0 Å². The van der Waals surface area contributed by atoms with Gasteiger partial charge in [0.15, 0.2) is 0 Å². The molecule has 0 aromatic heterocycles. The average molecular weight is 272 g/mol. The van der Waals surface area contributed by atoms with Crippen molar-refractivity contribution in [3.63, 3.8) is 0 Å². The topological polar surface area (TPSA) is 87.7 Å². The van der Waals surface area contributed by atoms with Gasteiger partial charge >= 0.3 is 12.0 Å². The van der Waals surface area contributed by atoms with Gasteiger partial charge in [0.2, 0.25) is 0 Å². The molecule has 1 aliphatic heterocycles. The minimum atomic E-state index is -1.01. The van der Waals surface area contributed by atoms with E-state index in [4.69, 9.17) is 9.84 Å². The lowest BCUT2D eigenvalue weighted by Gasteiger charge is -2.24. The Morgan fingerprint density at radius 3 is 2.58 bits per heavy atom. The molecule has 0 aromatic carbocycles. The molecule has 6 heteroatoms. The number of aliphatic carboxylic acids is 1. The molecule has 1 rings (SSSR count). The van der Waals surface area contributed by atoms with Crippen molar-refractivity contribution in [1.29, 1.82) is 0 Å². The number of ether oxygens (including phenoxy) is 1. The quantitative estimate of drug-likeness (QED) is 0.681. The lowest BCUT2D eigenvalue weighted by molar-refractivity contribution is -0.139. The van der Waals surface area contributed by atoms with E-state index in [-0.39, 0.29) is 11.5 Å². The molecular formula is C13H24N2O4. The van der Waals surface area contributed by atoms with Gasteiger partial charge in [-0.25, -0.2) is 9.59 Å². The second-order valence-corrected chi connectivity index (χ2v) is 5.75. The highest BCUT2D eigenvalue weighted by molar-refractivity contribution is 5.82. The van der Waals surface area contributed by atoms with Crippen LogP contribution in [0.5, 0.6) is 0 Å². The van der Waals surface area contributed by atoms with Crippen LogP contribution >= 0.6 is 0 Å². The lowest BCUT2D eigenvalue weighted by atomic mass is 10.0. The molecule has 110 valence electrons. The van der Waals surface area contributed by atoms with Crippen LogP contribution in [0, 0.1) is 5.92 Å². The maximum Gasteiger partial charge on any atom is 0.326 e. The van der Waals surface area contributed by atoms with Crippen molar-refractivity contribution in [3.05, 3.63) is 0 Å². The van der Waals surface area contributed by atoms with Gasteiger partial charge in [-0.05, 0) is 32.1 Å². The molecule has 2 amide bonds. The number of hydrogen-bond acceptors (Lipinski definition) is 3. The fourth-order valence-electron chi connectivity index (χ4n) is 2.15. The third kappa shape index (κ3) is 5.46. The van der Waals surface area contributed by atoms with Crippen molar-refractivity contribution in [1.82, 2.24) is 10.6 Å². The normalized spacial score (nSPS) is 24.2. The zero-order valence-electron chi connectivity index (χ0n) is 11.9. The number of carbonyl (C=O) groups excluding carboxylic acids is 1. The fourth-order valence-corrected chi connectivity index (χ4v) is 2.15. The summed E-state index contributed by atoms with van der Waals surface area (Å²) >= 11 is 0. The molecule has 2 atom stereocenters. The summed E-state index contributed by atoms with van der Waals surface area (Å²) in [5.74, 6) is -0.802. The number of urea groups is 1. The number of hydrogen-bond donors (Lipinski definition) is 3. The molecule has 0 bridgehead atoms. The summed E-state index contributed by atoms with van der Waals surface area (Å²) in [7, 11) is 0. The predicted octanol–water partition coefficient (Wildman–Crippen LogP) is 1.35. The van der Waals surface area contributed by atoms with Gasteiger partial charge in [0.1, 0.15) is 6.04 Å². The second-order valence-electron chi connectivity index (χ2n) is 5.75. The van der Waals surface area contributed by atoms with Crippen LogP contribution < -0.4 is 10.6 Å². The van der Waals surface area contributed by atoms with Gasteiger partial charge < -0.3 is 20.5 Å². The van der Waals surface area contributed by atoms with E-state index in [2.05, 4.69) is 10.6 Å². The molecule has 1 aliphatic rings. The van der Waals surface area contributed by atoms with Gasteiger partial charge in [-0.2, -0.15) is 0 Å². The molecule has 19 heavy (non-hydrogen) atoms. The van der Waals surface area contributed by atoms with Crippen molar-refractivity contribution in [3.8, 4) is 0 Å². The number of carbonyl (C=O) groups is 2. The molecule has 0 spiro atoms. The Balaban J connectivity index is 2.38. The molecular weight excluding hydrogens is 248 g/mol. The van der Waals surface area contributed by atoms with Crippen LogP contribution in [0.3, 0.4) is 0 Å². The minimum Gasteiger partial charge on any atom is -0.480 e. The van der Waals surface area contributed by atoms with E-state index in [0.717, 1.165) is 12.8 Å². The summed E-state index contributed by atoms with van der Waals surface area (Å²) in [4.78, 5) is 22.7. The van der Waals surface area contributed by atoms with Crippen LogP contribution in [0.2, 0.25) is 0 Å². The monoisotopic (exact) mass is 272 g/mol. The van der Waals surface area contributed by atoms with Gasteiger partial charge in [0.25, 0.3) is 0 Å². The van der Waals surface area contributed by atoms with E-state index in [1.807, 2.05) is 20.8 Å². The van der Waals surface area contributed by atoms with Crippen molar-refractivity contribution in [2.24, 2.45) is 5.92 Å². The van der Waals surface area contributed by atoms with Gasteiger partial charge in [-0.15, -0.1) is 0 Å². The maximum absolute atomic E-state index is 11.7. The van der Waals surface area contributed by atoms with E-state index in [9.17, 15) is 9.59 Å². The smallest absolute Gasteiger partial charge is 0.326 e. The molecule has 0 saturated carbocycles. The summed E-state index contributed by atoms with van der Waals surface area (Å²) in [5.41, 5.74) is -0.325. The standard InChI is InChI=1S/C13H24N2O4/c1-9(2)7-10(11(16)17)15-12(18)14-8-13(3)5-4-6-19-13/h9-10H,4-8H2,1-3H3,(H,16,17)(H2,14,15,18)/t10-,13?/m1/s1. The maximum atomic E-state index is 11.7. The first-order valence-electron chi connectivity index (χ1n) is 6.73. The molecule has 0 aromatic rings. The Hall–Kier alpha value is -1.30. The molecule has 0 radical (unpaired) electrons. The Bertz CT molecular complexity index is 325. The fraction of sp³-hybridized carbons (Fsp3) is 0.846. The summed E-state index contributed by atoms with van der Waals surface area (Å²) in [6.45, 7) is 6.90. The van der Waals surface area contributed by atoms with E-state index in [0.29, 0.717) is 19.6 Å². The van der Waals surface area contributed by atoms with Crippen LogP contribution in [-0.2, 0) is 9.53 Å². The van der Waals surface area contributed by atoms with Crippen LogP contribution in [0.4, 0.5) is 4.79 Å². The predicted molar refractivity (Wildman–Crippen MR) is 71.0 cm³/mol. The summed E-state index contributed by atoms with van der Waals surface area (Å²) in [5, 5.41) is 14.2. The Kier molecular flexibility index (Phi) is 5.60. The molecule has 1 fully saturated rings. The third-order valence-corrected chi connectivity index (χ3v) is 3.23. The van der Waals surface area contributed by atoms with Crippen molar-refractivity contribution >= 4 is 12.0 Å². The first-order valence-corrected chi connectivity index (χ1v) is 6.73. The highest BCUT2D eigenvalue weighted by Gasteiger charge is 2.30. The van der Waals surface area contributed by atoms with Gasteiger partial charge in [-0.3, -0.25) is 0 Å². The zero-order chi connectivity index (χ0) is 14.5. The largest absolute Gasteiger partial charge is 0.480 e. The number of carboxylic acids is 1. The Morgan fingerprint density at radius 2 is 2.11 bits per heavy atom. The highest BCUT2D eigenvalue weighted by Crippen LogP contribution is 2.23. The van der Waals surface area contributed by atoms with E-state index >= 15 is 0 Å². The summed E-state index contributed by atoms with van der Waals surface area (Å²) < 4.78 is 5.55. The molecule has 3 N–H and O–H groups in total. The Labute approximate surface area is 113 Å². The number of nitrogens with one attached hydrogen (secondary N) is 2. The molecule has 1 heterocycles. The zero-order valence-corrected chi connectivity index (χ0v) is 11.9. The Morgan fingerprint density at radius 1 is 1.42 bits per heavy atom. The highest BCUT2D eigenvalue weighted by atomic mass is 16.5. The molecule has 0 aliphatic carbocycles. The lowest BCUT2D eigenvalue weighted by Crippen LogP contribution is -2.50. The third-order valence-electron chi connectivity index (χ3n) is 3.23. The van der Waals surface area contributed by atoms with Gasteiger partial charge in [0.05, 0.1) is 5.60 Å². The van der Waals surface area contributed by atoms with Crippen LogP contribution in [0.1, 0.15) is 40.0 Å². The number of carboxylic acid groups (broad SMARTS) is 1. The first-order chi connectivity index (χ1) is 8.82. The number of amides is 2. The van der Waals surface area contributed by atoms with Gasteiger partial charge in [-0.1, -0.05) is 13.8 Å². The summed E-state index contributed by atoms with van der Waals surface area (Å²) in [6, 6.07) is -1.30. The van der Waals surface area contributed by atoms with E-state index < -0.39 is 18.0 Å². The van der Waals surface area contributed by atoms with E-state index in [1.165, 1.54) is 0 Å².